The average Bonchev–Trinajstić information content (AvgIpc) is 3.31. The molecule has 0 saturated heterocycles. The molecular formula is C60H117NO4. The number of rotatable bonds is 55. The zero-order valence-electron chi connectivity index (χ0n) is 44.1. The third-order valence-electron chi connectivity index (χ3n) is 14.0. The van der Waals surface area contributed by atoms with Crippen LogP contribution in [0.4, 0.5) is 0 Å². The standard InChI is InChI=1S/C60H117NO4/c1-3-5-7-9-11-13-15-17-19-20-21-22-23-24-25-26-27-28-29-30-31-32-33-34-35-36-37-38-39-40-41-43-45-47-49-51-53-55-59(64)61-57(56-62)60(65)58(63)54-52-50-48-46-44-42-18-16-14-12-10-8-6-4-2/h16,18,46,48,57-58,60,62-63,65H,3-15,17,19-45,47,49-56H2,1-2H3,(H,61,64)/b18-16+,48-46+. The van der Waals surface area contributed by atoms with Crippen LogP contribution in [-0.4, -0.2) is 46.1 Å². The molecule has 0 aromatic carbocycles. The van der Waals surface area contributed by atoms with E-state index in [0.717, 1.165) is 44.9 Å². The van der Waals surface area contributed by atoms with E-state index >= 15 is 0 Å². The second-order valence-electron chi connectivity index (χ2n) is 20.5. The highest BCUT2D eigenvalue weighted by Crippen LogP contribution is 2.18. The fourth-order valence-electron chi connectivity index (χ4n) is 9.48. The minimum atomic E-state index is -1.16. The molecule has 1 amide bonds. The van der Waals surface area contributed by atoms with E-state index in [1.807, 2.05) is 0 Å². The summed E-state index contributed by atoms with van der Waals surface area (Å²) in [5.41, 5.74) is 0. The molecule has 0 aliphatic heterocycles. The van der Waals surface area contributed by atoms with Gasteiger partial charge in [-0.05, 0) is 51.4 Å². The van der Waals surface area contributed by atoms with Crippen LogP contribution in [0.5, 0.6) is 0 Å². The molecule has 0 spiro atoms. The molecule has 0 heterocycles. The first-order valence-corrected chi connectivity index (χ1v) is 29.6. The molecule has 3 atom stereocenters. The SMILES string of the molecule is CCCCCCC/C=C/CC/C=C/CCCC(O)C(O)C(CO)NC(=O)CCCCCCCCCCCCCCCCCCCCCCCCCCCCCCCCCCCCCCC. The molecule has 0 rings (SSSR count). The van der Waals surface area contributed by atoms with E-state index < -0.39 is 18.2 Å². The summed E-state index contributed by atoms with van der Waals surface area (Å²) in [6, 6.07) is -0.829. The monoisotopic (exact) mass is 916 g/mol. The van der Waals surface area contributed by atoms with Crippen molar-refractivity contribution in [2.45, 2.75) is 347 Å². The van der Waals surface area contributed by atoms with E-state index in [-0.39, 0.29) is 12.5 Å². The van der Waals surface area contributed by atoms with Crippen molar-refractivity contribution in [3.8, 4) is 0 Å². The molecule has 0 saturated carbocycles. The Labute approximate surface area is 407 Å². The lowest BCUT2D eigenvalue weighted by atomic mass is 10.0. The van der Waals surface area contributed by atoms with Crippen molar-refractivity contribution in [2.75, 3.05) is 6.61 Å². The second kappa shape index (κ2) is 55.4. The maximum absolute atomic E-state index is 12.5. The van der Waals surface area contributed by atoms with Crippen LogP contribution in [0.25, 0.3) is 0 Å². The molecule has 0 radical (unpaired) electrons. The molecule has 0 aromatic heterocycles. The van der Waals surface area contributed by atoms with Gasteiger partial charge >= 0.3 is 0 Å². The van der Waals surface area contributed by atoms with Crippen LogP contribution in [0.2, 0.25) is 0 Å². The fourth-order valence-corrected chi connectivity index (χ4v) is 9.48. The minimum Gasteiger partial charge on any atom is -0.394 e. The summed E-state index contributed by atoms with van der Waals surface area (Å²) in [7, 11) is 0. The molecule has 0 aliphatic carbocycles. The number of hydrogen-bond donors (Lipinski definition) is 4. The summed E-state index contributed by atoms with van der Waals surface area (Å²) in [5.74, 6) is -0.153. The average molecular weight is 917 g/mol. The molecule has 5 heteroatoms. The number of amides is 1. The Hall–Kier alpha value is -1.17. The van der Waals surface area contributed by atoms with Crippen LogP contribution in [0.1, 0.15) is 328 Å². The van der Waals surface area contributed by atoms with Crippen molar-refractivity contribution >= 4 is 5.91 Å². The van der Waals surface area contributed by atoms with Gasteiger partial charge in [0, 0.05) is 6.42 Å². The topological polar surface area (TPSA) is 89.8 Å². The van der Waals surface area contributed by atoms with Gasteiger partial charge in [0.15, 0.2) is 0 Å². The lowest BCUT2D eigenvalue weighted by Crippen LogP contribution is -2.50. The third kappa shape index (κ3) is 50.5. The van der Waals surface area contributed by atoms with Crippen LogP contribution < -0.4 is 5.32 Å². The number of aliphatic hydroxyl groups is 3. The van der Waals surface area contributed by atoms with Gasteiger partial charge in [0.1, 0.15) is 6.10 Å². The van der Waals surface area contributed by atoms with Gasteiger partial charge in [-0.25, -0.2) is 0 Å². The summed E-state index contributed by atoms with van der Waals surface area (Å²) in [6.07, 6.45) is 70.9. The Morgan fingerprint density at radius 1 is 0.369 bits per heavy atom. The van der Waals surface area contributed by atoms with Crippen molar-refractivity contribution in [2.24, 2.45) is 0 Å². The number of carbonyl (C=O) groups is 1. The van der Waals surface area contributed by atoms with Gasteiger partial charge in [0.25, 0.3) is 0 Å². The van der Waals surface area contributed by atoms with Crippen LogP contribution in [0.3, 0.4) is 0 Å². The van der Waals surface area contributed by atoms with Gasteiger partial charge in [0.2, 0.25) is 5.91 Å². The summed E-state index contributed by atoms with van der Waals surface area (Å²) >= 11 is 0. The molecule has 0 aliphatic rings. The Balaban J connectivity index is 3.43. The quantitative estimate of drug-likeness (QED) is 0.0361. The third-order valence-corrected chi connectivity index (χ3v) is 14.0. The summed E-state index contributed by atoms with van der Waals surface area (Å²) in [6.45, 7) is 4.18. The van der Waals surface area contributed by atoms with Crippen LogP contribution in [0.15, 0.2) is 24.3 Å². The zero-order chi connectivity index (χ0) is 47.2. The van der Waals surface area contributed by atoms with Crippen LogP contribution in [-0.2, 0) is 4.79 Å². The Morgan fingerprint density at radius 2 is 0.631 bits per heavy atom. The van der Waals surface area contributed by atoms with Crippen molar-refractivity contribution in [3.05, 3.63) is 24.3 Å². The number of carbonyl (C=O) groups excluding carboxylic acids is 1. The summed E-state index contributed by atoms with van der Waals surface area (Å²) < 4.78 is 0. The Bertz CT molecular complexity index is 967. The highest BCUT2D eigenvalue weighted by atomic mass is 16.3. The van der Waals surface area contributed by atoms with Crippen molar-refractivity contribution in [1.82, 2.24) is 5.32 Å². The molecule has 386 valence electrons. The molecule has 0 bridgehead atoms. The first-order chi connectivity index (χ1) is 32.1. The smallest absolute Gasteiger partial charge is 0.220 e. The van der Waals surface area contributed by atoms with Gasteiger partial charge in [0.05, 0.1) is 18.8 Å². The van der Waals surface area contributed by atoms with Gasteiger partial charge in [-0.15, -0.1) is 0 Å². The van der Waals surface area contributed by atoms with E-state index in [4.69, 9.17) is 0 Å². The lowest BCUT2D eigenvalue weighted by molar-refractivity contribution is -0.124. The first-order valence-electron chi connectivity index (χ1n) is 29.6. The van der Waals surface area contributed by atoms with E-state index in [1.54, 1.807) is 0 Å². The number of nitrogens with one attached hydrogen (secondary N) is 1. The van der Waals surface area contributed by atoms with Crippen molar-refractivity contribution in [1.29, 1.82) is 0 Å². The fraction of sp³-hybridized carbons (Fsp3) is 0.917. The number of allylic oxidation sites excluding steroid dienone is 4. The Morgan fingerprint density at radius 3 is 0.938 bits per heavy atom. The highest BCUT2D eigenvalue weighted by molar-refractivity contribution is 5.76. The molecular weight excluding hydrogens is 799 g/mol. The van der Waals surface area contributed by atoms with Gasteiger partial charge in [-0.3, -0.25) is 4.79 Å². The molecule has 65 heavy (non-hydrogen) atoms. The van der Waals surface area contributed by atoms with Crippen LogP contribution in [0, 0.1) is 0 Å². The first kappa shape index (κ1) is 63.8. The number of hydrogen-bond acceptors (Lipinski definition) is 4. The zero-order valence-corrected chi connectivity index (χ0v) is 44.1. The highest BCUT2D eigenvalue weighted by Gasteiger charge is 2.26. The second-order valence-corrected chi connectivity index (χ2v) is 20.5. The van der Waals surface area contributed by atoms with Gasteiger partial charge in [-0.2, -0.15) is 0 Å². The number of unbranched alkanes of at least 4 members (excludes halogenated alkanes) is 43. The van der Waals surface area contributed by atoms with Gasteiger partial charge < -0.3 is 20.6 Å². The van der Waals surface area contributed by atoms with Crippen LogP contribution >= 0.6 is 0 Å². The van der Waals surface area contributed by atoms with Crippen molar-refractivity contribution in [3.63, 3.8) is 0 Å². The van der Waals surface area contributed by atoms with Gasteiger partial charge in [-0.1, -0.05) is 295 Å². The van der Waals surface area contributed by atoms with E-state index in [1.165, 1.54) is 257 Å². The van der Waals surface area contributed by atoms with E-state index in [0.29, 0.717) is 12.8 Å². The molecule has 4 N–H and O–H groups in total. The lowest BCUT2D eigenvalue weighted by Gasteiger charge is -2.26. The molecule has 0 aromatic rings. The predicted molar refractivity (Wildman–Crippen MR) is 287 cm³/mol. The largest absolute Gasteiger partial charge is 0.394 e. The molecule has 0 fully saturated rings. The maximum atomic E-state index is 12.5. The molecule has 3 unspecified atom stereocenters. The van der Waals surface area contributed by atoms with E-state index in [2.05, 4.69) is 43.5 Å². The predicted octanol–water partition coefficient (Wildman–Crippen LogP) is 18.5. The minimum absolute atomic E-state index is 0.153. The van der Waals surface area contributed by atoms with E-state index in [9.17, 15) is 20.1 Å². The summed E-state index contributed by atoms with van der Waals surface area (Å²) in [4.78, 5) is 12.5. The molecule has 5 nitrogen and oxygen atoms in total. The number of aliphatic hydroxyl groups excluding tert-OH is 3. The summed E-state index contributed by atoms with van der Waals surface area (Å²) in [5, 5.41) is 33.6. The van der Waals surface area contributed by atoms with Crippen molar-refractivity contribution < 1.29 is 20.1 Å². The normalized spacial score (nSPS) is 13.4. The maximum Gasteiger partial charge on any atom is 0.220 e. The Kier molecular flexibility index (Phi) is 54.4.